The number of benzene rings is 2. The molecule has 1 saturated heterocycles. The van der Waals surface area contributed by atoms with Gasteiger partial charge in [-0.25, -0.2) is 0 Å². The van der Waals surface area contributed by atoms with E-state index in [-0.39, 0.29) is 11.8 Å². The minimum absolute atomic E-state index is 0.0126. The van der Waals surface area contributed by atoms with E-state index in [0.717, 1.165) is 28.4 Å². The van der Waals surface area contributed by atoms with E-state index in [9.17, 15) is 9.59 Å². The number of quaternary nitrogens is 1. The van der Waals surface area contributed by atoms with E-state index in [2.05, 4.69) is 5.32 Å². The van der Waals surface area contributed by atoms with Crippen molar-refractivity contribution < 1.29 is 14.5 Å². The van der Waals surface area contributed by atoms with Crippen molar-refractivity contribution in [3.63, 3.8) is 0 Å². The van der Waals surface area contributed by atoms with Crippen molar-refractivity contribution >= 4 is 29.3 Å². The molecule has 2 aliphatic rings. The minimum Gasteiger partial charge on any atom is -0.352 e. The number of rotatable bonds is 6. The van der Waals surface area contributed by atoms with E-state index in [4.69, 9.17) is 0 Å². The number of likely N-dealkylation sites (tertiary alicyclic amines) is 1. The smallest absolute Gasteiger partial charge is 0.259 e. The second-order valence-corrected chi connectivity index (χ2v) is 9.08. The maximum atomic E-state index is 13.1. The van der Waals surface area contributed by atoms with Crippen molar-refractivity contribution in [1.82, 2.24) is 5.32 Å². The van der Waals surface area contributed by atoms with E-state index < -0.39 is 0 Å². The largest absolute Gasteiger partial charge is 0.352 e. The number of nitrogens with zero attached hydrogens (tertiary/aromatic N) is 1. The van der Waals surface area contributed by atoms with Gasteiger partial charge in [-0.1, -0.05) is 23.9 Å². The molecule has 0 spiro atoms. The maximum Gasteiger partial charge on any atom is 0.259 e. The number of carbonyl (C=O) groups excluding carboxylic acids is 2. The summed E-state index contributed by atoms with van der Waals surface area (Å²) < 4.78 is 0. The summed E-state index contributed by atoms with van der Waals surface area (Å²) >= 11 is 1.59. The molecule has 0 bridgehead atoms. The zero-order chi connectivity index (χ0) is 20.9. The van der Waals surface area contributed by atoms with Crippen LogP contribution in [0.5, 0.6) is 0 Å². The fourth-order valence-electron chi connectivity index (χ4n) is 4.32. The van der Waals surface area contributed by atoms with Crippen LogP contribution in [0.15, 0.2) is 52.3 Å². The Labute approximate surface area is 182 Å². The Morgan fingerprint density at radius 1 is 1.10 bits per heavy atom. The first-order valence-corrected chi connectivity index (χ1v) is 11.8. The monoisotopic (exact) mass is 424 g/mol. The average Bonchev–Trinajstić information content (AvgIpc) is 2.90. The number of hydrogen-bond acceptors (Lipinski definition) is 3. The van der Waals surface area contributed by atoms with Crippen LogP contribution in [0.1, 0.15) is 53.3 Å². The number of piperidine rings is 1. The van der Waals surface area contributed by atoms with Crippen molar-refractivity contribution in [2.75, 3.05) is 37.6 Å². The first kappa shape index (κ1) is 20.9. The van der Waals surface area contributed by atoms with Crippen molar-refractivity contribution in [3.8, 4) is 0 Å². The topological polar surface area (TPSA) is 53.9 Å². The maximum absolute atomic E-state index is 13.1. The molecule has 0 aliphatic carbocycles. The van der Waals surface area contributed by atoms with Crippen LogP contribution in [0.2, 0.25) is 0 Å². The molecule has 1 fully saturated rings. The third-order valence-corrected chi connectivity index (χ3v) is 7.11. The quantitative estimate of drug-likeness (QED) is 0.701. The van der Waals surface area contributed by atoms with Gasteiger partial charge in [0.05, 0.1) is 30.9 Å². The fourth-order valence-corrected chi connectivity index (χ4v) is 5.38. The number of anilines is 1. The van der Waals surface area contributed by atoms with E-state index >= 15 is 0 Å². The molecule has 4 rings (SSSR count). The van der Waals surface area contributed by atoms with Crippen LogP contribution >= 0.6 is 11.8 Å². The predicted molar refractivity (Wildman–Crippen MR) is 121 cm³/mol. The summed E-state index contributed by atoms with van der Waals surface area (Å²) in [4.78, 5) is 31.2. The lowest BCUT2D eigenvalue weighted by atomic mass is 10.1. The molecule has 2 aromatic carbocycles. The summed E-state index contributed by atoms with van der Waals surface area (Å²) in [5.41, 5.74) is 2.14. The Morgan fingerprint density at radius 2 is 1.90 bits per heavy atom. The summed E-state index contributed by atoms with van der Waals surface area (Å²) in [7, 11) is 0. The molecule has 0 aromatic heterocycles. The third kappa shape index (κ3) is 4.55. The molecule has 0 radical (unpaired) electrons. The third-order valence-electron chi connectivity index (χ3n) is 5.96. The van der Waals surface area contributed by atoms with E-state index in [1.54, 1.807) is 21.6 Å². The lowest BCUT2D eigenvalue weighted by Crippen LogP contribution is -3.12. The fraction of sp³-hybridized carbons (Fsp3) is 0.417. The number of nitrogens with one attached hydrogen (secondary N) is 2. The van der Waals surface area contributed by atoms with Crippen molar-refractivity contribution in [2.45, 2.75) is 42.4 Å². The zero-order valence-electron chi connectivity index (χ0n) is 17.6. The average molecular weight is 425 g/mol. The molecule has 2 amide bonds. The molecule has 0 atom stereocenters. The second kappa shape index (κ2) is 9.67. The van der Waals surface area contributed by atoms with Crippen molar-refractivity contribution in [1.29, 1.82) is 0 Å². The Kier molecular flexibility index (Phi) is 6.75. The van der Waals surface area contributed by atoms with Crippen LogP contribution in [-0.4, -0.2) is 44.5 Å². The molecule has 2 N–H and O–H groups in total. The van der Waals surface area contributed by atoms with Gasteiger partial charge in [0.2, 0.25) is 0 Å². The first-order valence-electron chi connectivity index (χ1n) is 11.0. The Hall–Kier alpha value is -2.31. The zero-order valence-corrected chi connectivity index (χ0v) is 18.4. The highest BCUT2D eigenvalue weighted by atomic mass is 32.2. The number of hydrogen-bond donors (Lipinski definition) is 2. The van der Waals surface area contributed by atoms with Gasteiger partial charge < -0.3 is 15.1 Å². The summed E-state index contributed by atoms with van der Waals surface area (Å²) in [5.74, 6) is -0.0804. The first-order chi connectivity index (χ1) is 14.7. The highest BCUT2D eigenvalue weighted by molar-refractivity contribution is 7.99. The van der Waals surface area contributed by atoms with E-state index in [1.807, 2.05) is 49.4 Å². The van der Waals surface area contributed by atoms with Crippen molar-refractivity contribution in [2.24, 2.45) is 0 Å². The standard InChI is InChI=1S/C24H29N3O2S/c1-2-27-20-17-18(23(28)25-13-8-16-26-14-6-3-7-15-26)11-12-22(20)30-21-10-5-4-9-19(21)24(27)29/h4-5,9-12,17H,2-3,6-8,13-16H2,1H3,(H,25,28)/p+1. The molecular weight excluding hydrogens is 394 g/mol. The number of fused-ring (bicyclic) bond motifs is 2. The molecule has 2 aromatic rings. The van der Waals surface area contributed by atoms with Crippen LogP contribution in [0.25, 0.3) is 0 Å². The van der Waals surface area contributed by atoms with Gasteiger partial charge in [-0.15, -0.1) is 0 Å². The summed E-state index contributed by atoms with van der Waals surface area (Å²) in [6.07, 6.45) is 5.01. The van der Waals surface area contributed by atoms with Gasteiger partial charge in [-0.05, 0) is 56.5 Å². The lowest BCUT2D eigenvalue weighted by molar-refractivity contribution is -0.904. The SMILES string of the molecule is CCN1C(=O)c2ccccc2Sc2ccc(C(=O)NCCC[NH+]3CCCCC3)cc21. The lowest BCUT2D eigenvalue weighted by Gasteiger charge is -2.23. The Balaban J connectivity index is 1.44. The van der Waals surface area contributed by atoms with Crippen LogP contribution in [0.4, 0.5) is 5.69 Å². The molecule has 0 saturated carbocycles. The molecular formula is C24H30N3O2S+. The molecule has 6 heteroatoms. The molecule has 5 nitrogen and oxygen atoms in total. The summed E-state index contributed by atoms with van der Waals surface area (Å²) in [6.45, 7) is 6.87. The van der Waals surface area contributed by atoms with Crippen LogP contribution in [0, 0.1) is 0 Å². The minimum atomic E-state index is -0.0679. The second-order valence-electron chi connectivity index (χ2n) is 8.00. The predicted octanol–water partition coefficient (Wildman–Crippen LogP) is 3.01. The molecule has 30 heavy (non-hydrogen) atoms. The van der Waals surface area contributed by atoms with E-state index in [0.29, 0.717) is 24.2 Å². The Morgan fingerprint density at radius 3 is 2.70 bits per heavy atom. The van der Waals surface area contributed by atoms with Crippen molar-refractivity contribution in [3.05, 3.63) is 53.6 Å². The van der Waals surface area contributed by atoms with Gasteiger partial charge in [0.15, 0.2) is 0 Å². The van der Waals surface area contributed by atoms with Gasteiger partial charge in [0.1, 0.15) is 0 Å². The van der Waals surface area contributed by atoms with Gasteiger partial charge in [0.25, 0.3) is 11.8 Å². The molecule has 0 unspecified atom stereocenters. The number of amides is 2. The Bertz CT molecular complexity index is 924. The highest BCUT2D eigenvalue weighted by Crippen LogP contribution is 2.41. The molecule has 2 heterocycles. The van der Waals surface area contributed by atoms with Gasteiger partial charge >= 0.3 is 0 Å². The van der Waals surface area contributed by atoms with Crippen LogP contribution in [-0.2, 0) is 0 Å². The normalized spacial score (nSPS) is 16.6. The number of carbonyl (C=O) groups is 2. The molecule has 2 aliphatic heterocycles. The molecule has 158 valence electrons. The van der Waals surface area contributed by atoms with Gasteiger partial charge in [-0.2, -0.15) is 0 Å². The van der Waals surface area contributed by atoms with Gasteiger partial charge in [-0.3, -0.25) is 9.59 Å². The van der Waals surface area contributed by atoms with E-state index in [1.165, 1.54) is 32.4 Å². The highest BCUT2D eigenvalue weighted by Gasteiger charge is 2.27. The summed E-state index contributed by atoms with van der Waals surface area (Å²) in [5, 5.41) is 3.06. The summed E-state index contributed by atoms with van der Waals surface area (Å²) in [6, 6.07) is 13.4. The van der Waals surface area contributed by atoms with Gasteiger partial charge in [0, 0.05) is 34.9 Å². The van der Waals surface area contributed by atoms with Crippen LogP contribution < -0.4 is 15.1 Å². The van der Waals surface area contributed by atoms with Crippen LogP contribution in [0.3, 0.4) is 0 Å².